The van der Waals surface area contributed by atoms with Crippen LogP contribution in [0.1, 0.15) is 49.5 Å². The first-order valence-corrected chi connectivity index (χ1v) is 17.3. The Labute approximate surface area is 315 Å². The number of alkyl halides is 3. The predicted molar refractivity (Wildman–Crippen MR) is 193 cm³/mol. The minimum Gasteiger partial charge on any atom is -0.491 e. The Kier molecular flexibility index (Phi) is 10.3. The van der Waals surface area contributed by atoms with Crippen LogP contribution in [0.15, 0.2) is 84.9 Å². The predicted octanol–water partition coefficient (Wildman–Crippen LogP) is 5.37. The number of aromatic nitrogens is 2. The monoisotopic (exact) mass is 772 g/mol. The molecular formula is C39H32F4N6O7. The van der Waals surface area contributed by atoms with E-state index >= 15 is 0 Å². The SMILES string of the molecule is CN(CCOCCOc1ccc2c(c1)C(=O)N(C1CCC(=O)NC1=O)C2=O)c1cccc(-n2c(NC(=O)c3cccc(C(F)(F)F)c3)nc3cc(F)ccc32)c1. The number of fused-ring (bicyclic) bond motifs is 2. The molecule has 0 aliphatic carbocycles. The average Bonchev–Trinajstić information content (AvgIpc) is 3.64. The van der Waals surface area contributed by atoms with Crippen molar-refractivity contribution in [3.8, 4) is 11.4 Å². The Hall–Kier alpha value is -6.62. The summed E-state index contributed by atoms with van der Waals surface area (Å²) >= 11 is 0. The van der Waals surface area contributed by atoms with Crippen molar-refractivity contribution in [3.05, 3.63) is 113 Å². The zero-order valence-electron chi connectivity index (χ0n) is 29.6. The number of hydrogen-bond acceptors (Lipinski definition) is 9. The van der Waals surface area contributed by atoms with Gasteiger partial charge in [0.05, 0.1) is 46.6 Å². The second-order valence-electron chi connectivity index (χ2n) is 13.0. The number of ether oxygens (including phenoxy) is 2. The number of hydrogen-bond donors (Lipinski definition) is 2. The number of halogens is 4. The molecule has 2 aliphatic heterocycles. The fourth-order valence-corrected chi connectivity index (χ4v) is 6.47. The normalized spacial score (nSPS) is 15.6. The molecule has 5 amide bonds. The number of rotatable bonds is 12. The van der Waals surface area contributed by atoms with Gasteiger partial charge in [-0.3, -0.25) is 44.1 Å². The van der Waals surface area contributed by atoms with E-state index in [0.29, 0.717) is 23.5 Å². The van der Waals surface area contributed by atoms with Gasteiger partial charge in [-0.25, -0.2) is 9.37 Å². The van der Waals surface area contributed by atoms with Gasteiger partial charge in [-0.15, -0.1) is 0 Å². The van der Waals surface area contributed by atoms with Crippen molar-refractivity contribution >= 4 is 52.2 Å². The van der Waals surface area contributed by atoms with Crippen molar-refractivity contribution in [2.45, 2.75) is 25.1 Å². The lowest BCUT2D eigenvalue weighted by Crippen LogP contribution is -2.54. The van der Waals surface area contributed by atoms with Crippen LogP contribution in [0.5, 0.6) is 5.75 Å². The summed E-state index contributed by atoms with van der Waals surface area (Å²) in [7, 11) is 1.83. The summed E-state index contributed by atoms with van der Waals surface area (Å²) in [5.74, 6) is -3.50. The van der Waals surface area contributed by atoms with E-state index in [1.807, 2.05) is 18.0 Å². The number of anilines is 2. The molecule has 2 N–H and O–H groups in total. The van der Waals surface area contributed by atoms with E-state index < -0.39 is 53.1 Å². The molecular weight excluding hydrogens is 740 g/mol. The summed E-state index contributed by atoms with van der Waals surface area (Å²) in [5.41, 5.74) is 0.959. The van der Waals surface area contributed by atoms with Gasteiger partial charge < -0.3 is 14.4 Å². The van der Waals surface area contributed by atoms with Crippen LogP contribution in [-0.2, 0) is 20.5 Å². The molecule has 56 heavy (non-hydrogen) atoms. The number of imidazole rings is 1. The first-order chi connectivity index (χ1) is 26.8. The van der Waals surface area contributed by atoms with Crippen LogP contribution >= 0.6 is 0 Å². The largest absolute Gasteiger partial charge is 0.491 e. The molecule has 1 fully saturated rings. The zero-order chi connectivity index (χ0) is 39.7. The standard InChI is InChI=1S/C39H32F4N6O7/c1-47(14-15-55-16-17-56-27-9-10-28-29(21-27)37(54)49(36(28)53)32-12-13-33(50)45-35(32)52)25-6-3-7-26(20-25)48-31-11-8-24(40)19-30(31)44-38(48)46-34(51)22-4-2-5-23(18-22)39(41,42)43/h2-11,18-21,32H,12-17H2,1H3,(H,44,46,51)(H,45,50,52). The van der Waals surface area contributed by atoms with Gasteiger partial charge in [-0.2, -0.15) is 13.2 Å². The number of piperidine rings is 1. The van der Waals surface area contributed by atoms with Crippen LogP contribution in [0.2, 0.25) is 0 Å². The van der Waals surface area contributed by atoms with Gasteiger partial charge >= 0.3 is 6.18 Å². The fourth-order valence-electron chi connectivity index (χ4n) is 6.47. The zero-order valence-corrected chi connectivity index (χ0v) is 29.6. The summed E-state index contributed by atoms with van der Waals surface area (Å²) < 4.78 is 67.2. The van der Waals surface area contributed by atoms with E-state index in [0.717, 1.165) is 28.8 Å². The number of carbonyl (C=O) groups excluding carboxylic acids is 5. The van der Waals surface area contributed by atoms with Gasteiger partial charge in [-0.1, -0.05) is 12.1 Å². The number of carbonyl (C=O) groups is 5. The van der Waals surface area contributed by atoms with E-state index in [4.69, 9.17) is 9.47 Å². The highest BCUT2D eigenvalue weighted by molar-refractivity contribution is 6.23. The molecule has 7 rings (SSSR count). The van der Waals surface area contributed by atoms with Gasteiger partial charge in [0.2, 0.25) is 17.8 Å². The maximum absolute atomic E-state index is 14.2. The molecule has 0 spiro atoms. The molecule has 2 aliphatic rings. The maximum Gasteiger partial charge on any atom is 0.416 e. The summed E-state index contributed by atoms with van der Waals surface area (Å²) in [6.07, 6.45) is -4.57. The van der Waals surface area contributed by atoms with Gasteiger partial charge in [-0.05, 0) is 73.2 Å². The quantitative estimate of drug-likeness (QED) is 0.0970. The minimum atomic E-state index is -4.65. The number of nitrogens with one attached hydrogen (secondary N) is 2. The van der Waals surface area contributed by atoms with Crippen LogP contribution in [-0.4, -0.2) is 83.4 Å². The van der Waals surface area contributed by atoms with Crippen molar-refractivity contribution in [3.63, 3.8) is 0 Å². The maximum atomic E-state index is 14.2. The van der Waals surface area contributed by atoms with Crippen molar-refractivity contribution in [1.29, 1.82) is 0 Å². The molecule has 0 saturated carbocycles. The number of imide groups is 2. The molecule has 17 heteroatoms. The van der Waals surface area contributed by atoms with Crippen LogP contribution < -0.4 is 20.3 Å². The van der Waals surface area contributed by atoms with Crippen molar-refractivity contribution < 1.29 is 51.0 Å². The lowest BCUT2D eigenvalue weighted by atomic mass is 10.0. The van der Waals surface area contributed by atoms with E-state index in [1.54, 1.807) is 28.8 Å². The molecule has 1 unspecified atom stereocenters. The Morgan fingerprint density at radius 3 is 2.50 bits per heavy atom. The molecule has 288 valence electrons. The summed E-state index contributed by atoms with van der Waals surface area (Å²) in [6, 6.07) is 18.4. The van der Waals surface area contributed by atoms with E-state index in [9.17, 15) is 41.5 Å². The van der Waals surface area contributed by atoms with Crippen molar-refractivity contribution in [2.24, 2.45) is 0 Å². The molecule has 0 radical (unpaired) electrons. The summed E-state index contributed by atoms with van der Waals surface area (Å²) in [4.78, 5) is 70.1. The number of amides is 5. The highest BCUT2D eigenvalue weighted by atomic mass is 19.4. The van der Waals surface area contributed by atoms with Gasteiger partial charge in [0, 0.05) is 37.3 Å². The van der Waals surface area contributed by atoms with E-state index in [2.05, 4.69) is 15.6 Å². The smallest absolute Gasteiger partial charge is 0.416 e. The molecule has 1 aromatic heterocycles. The number of benzene rings is 4. The van der Waals surface area contributed by atoms with Crippen molar-refractivity contribution in [1.82, 2.24) is 19.8 Å². The number of nitrogens with zero attached hydrogens (tertiary/aromatic N) is 4. The number of likely N-dealkylation sites (N-methyl/N-ethyl adjacent to an activating group) is 1. The lowest BCUT2D eigenvalue weighted by Gasteiger charge is -2.27. The first-order valence-electron chi connectivity index (χ1n) is 17.3. The summed E-state index contributed by atoms with van der Waals surface area (Å²) in [5, 5.41) is 4.74. The molecule has 5 aromatic rings. The lowest BCUT2D eigenvalue weighted by molar-refractivity contribution is -0.138. The average molecular weight is 773 g/mol. The highest BCUT2D eigenvalue weighted by Crippen LogP contribution is 2.32. The highest BCUT2D eigenvalue weighted by Gasteiger charge is 2.44. The van der Waals surface area contributed by atoms with Crippen LogP contribution in [0.3, 0.4) is 0 Å². The van der Waals surface area contributed by atoms with E-state index in [1.165, 1.54) is 36.4 Å². The molecule has 3 heterocycles. The molecule has 0 bridgehead atoms. The fraction of sp³-hybridized carbons (Fsp3) is 0.231. The Balaban J connectivity index is 0.961. The topological polar surface area (TPSA) is 152 Å². The van der Waals surface area contributed by atoms with Crippen molar-refractivity contribution in [2.75, 3.05) is 43.6 Å². The third-order valence-electron chi connectivity index (χ3n) is 9.30. The first kappa shape index (κ1) is 37.7. The molecule has 1 atom stereocenters. The van der Waals surface area contributed by atoms with Gasteiger partial charge in [0.15, 0.2) is 0 Å². The van der Waals surface area contributed by atoms with Crippen LogP contribution in [0.25, 0.3) is 16.7 Å². The second-order valence-corrected chi connectivity index (χ2v) is 13.0. The third-order valence-corrected chi connectivity index (χ3v) is 9.30. The molecule has 13 nitrogen and oxygen atoms in total. The van der Waals surface area contributed by atoms with Crippen LogP contribution in [0.4, 0.5) is 29.2 Å². The Morgan fingerprint density at radius 2 is 1.71 bits per heavy atom. The molecule has 1 saturated heterocycles. The minimum absolute atomic E-state index is 0.0196. The van der Waals surface area contributed by atoms with Gasteiger partial charge in [0.1, 0.15) is 24.2 Å². The van der Waals surface area contributed by atoms with Crippen LogP contribution in [0, 0.1) is 5.82 Å². The Bertz CT molecular complexity index is 2400. The molecule has 4 aromatic carbocycles. The Morgan fingerprint density at radius 1 is 0.929 bits per heavy atom. The third kappa shape index (κ3) is 7.66. The van der Waals surface area contributed by atoms with E-state index in [-0.39, 0.29) is 60.8 Å². The summed E-state index contributed by atoms with van der Waals surface area (Å²) in [6.45, 7) is 1.03. The van der Waals surface area contributed by atoms with Gasteiger partial charge in [0.25, 0.3) is 17.7 Å². The second kappa shape index (κ2) is 15.3.